The van der Waals surface area contributed by atoms with Gasteiger partial charge in [0.15, 0.2) is 0 Å². The smallest absolute Gasteiger partial charge is 0.129 e. The molecule has 0 radical (unpaired) electrons. The molecule has 1 atom stereocenters. The minimum atomic E-state index is -0.182. The van der Waals surface area contributed by atoms with Crippen molar-refractivity contribution in [3.05, 3.63) is 35.3 Å². The van der Waals surface area contributed by atoms with Gasteiger partial charge in [0.05, 0.1) is 12.7 Å². The van der Waals surface area contributed by atoms with Crippen LogP contribution in [0.25, 0.3) is 10.9 Å². The van der Waals surface area contributed by atoms with Crippen LogP contribution in [0, 0.1) is 12.7 Å². The van der Waals surface area contributed by atoms with Crippen LogP contribution in [0.4, 0.5) is 4.39 Å². The molecule has 1 aliphatic rings. The van der Waals surface area contributed by atoms with E-state index < -0.39 is 0 Å². The summed E-state index contributed by atoms with van der Waals surface area (Å²) in [7, 11) is 2.00. The summed E-state index contributed by atoms with van der Waals surface area (Å²) in [6, 6.07) is 5.52. The van der Waals surface area contributed by atoms with Gasteiger partial charge in [0.1, 0.15) is 5.82 Å². The molecule has 18 heavy (non-hydrogen) atoms. The Labute approximate surface area is 106 Å². The van der Waals surface area contributed by atoms with Crippen LogP contribution in [0.2, 0.25) is 0 Å². The van der Waals surface area contributed by atoms with Gasteiger partial charge in [-0.25, -0.2) is 4.39 Å². The monoisotopic (exact) mass is 248 g/mol. The van der Waals surface area contributed by atoms with E-state index in [0.29, 0.717) is 18.7 Å². The standard InChI is InChI=1S/C14H17FN2O/c1-9-5-10-6-12(15)11(7-13(10)17(9)2)14-8-16-3-4-18-14/h5-7,14,16H,3-4,8H2,1-2H3. The number of aryl methyl sites for hydroxylation is 2. The zero-order valence-electron chi connectivity index (χ0n) is 10.7. The molecular weight excluding hydrogens is 231 g/mol. The largest absolute Gasteiger partial charge is 0.371 e. The average molecular weight is 248 g/mol. The van der Waals surface area contributed by atoms with E-state index in [1.807, 2.05) is 26.1 Å². The van der Waals surface area contributed by atoms with Crippen LogP contribution in [-0.4, -0.2) is 24.3 Å². The molecule has 2 aromatic rings. The number of fused-ring (bicyclic) bond motifs is 1. The molecule has 0 saturated carbocycles. The molecule has 2 heterocycles. The van der Waals surface area contributed by atoms with E-state index in [4.69, 9.17) is 4.74 Å². The molecule has 4 heteroatoms. The molecule has 0 bridgehead atoms. The second-order valence-electron chi connectivity index (χ2n) is 4.84. The Bertz CT molecular complexity index is 585. The number of nitrogens with one attached hydrogen (secondary N) is 1. The van der Waals surface area contributed by atoms with Crippen LogP contribution in [0.15, 0.2) is 18.2 Å². The number of nitrogens with zero attached hydrogens (tertiary/aromatic N) is 1. The number of hydrogen-bond donors (Lipinski definition) is 1. The molecule has 1 N–H and O–H groups in total. The predicted octanol–water partition coefficient (Wildman–Crippen LogP) is 2.29. The van der Waals surface area contributed by atoms with E-state index in [-0.39, 0.29) is 11.9 Å². The first-order valence-electron chi connectivity index (χ1n) is 6.24. The third kappa shape index (κ3) is 1.82. The van der Waals surface area contributed by atoms with Crippen molar-refractivity contribution in [1.82, 2.24) is 9.88 Å². The lowest BCUT2D eigenvalue weighted by molar-refractivity contribution is 0.0256. The Kier molecular flexibility index (Phi) is 2.84. The predicted molar refractivity (Wildman–Crippen MR) is 69.2 cm³/mol. The highest BCUT2D eigenvalue weighted by atomic mass is 19.1. The summed E-state index contributed by atoms with van der Waals surface area (Å²) in [6.07, 6.45) is -0.182. The minimum Gasteiger partial charge on any atom is -0.371 e. The van der Waals surface area contributed by atoms with Gasteiger partial charge in [-0.3, -0.25) is 0 Å². The van der Waals surface area contributed by atoms with Crippen molar-refractivity contribution >= 4 is 10.9 Å². The maximum Gasteiger partial charge on any atom is 0.129 e. The Morgan fingerprint density at radius 3 is 2.94 bits per heavy atom. The first-order valence-corrected chi connectivity index (χ1v) is 6.24. The SMILES string of the molecule is Cc1cc2cc(F)c(C3CNCCO3)cc2n1C. The molecule has 0 spiro atoms. The van der Waals surface area contributed by atoms with Gasteiger partial charge in [0.25, 0.3) is 0 Å². The Hall–Kier alpha value is -1.39. The lowest BCUT2D eigenvalue weighted by atomic mass is 10.1. The fourth-order valence-corrected chi connectivity index (χ4v) is 2.52. The number of halogens is 1. The fourth-order valence-electron chi connectivity index (χ4n) is 2.52. The van der Waals surface area contributed by atoms with Gasteiger partial charge in [-0.2, -0.15) is 0 Å². The number of aromatic nitrogens is 1. The van der Waals surface area contributed by atoms with Crippen LogP contribution >= 0.6 is 0 Å². The van der Waals surface area contributed by atoms with Gasteiger partial charge in [0, 0.05) is 42.3 Å². The van der Waals surface area contributed by atoms with Gasteiger partial charge >= 0.3 is 0 Å². The third-order valence-corrected chi connectivity index (χ3v) is 3.68. The highest BCUT2D eigenvalue weighted by Crippen LogP contribution is 2.28. The molecule has 3 rings (SSSR count). The van der Waals surface area contributed by atoms with E-state index in [9.17, 15) is 4.39 Å². The lowest BCUT2D eigenvalue weighted by Crippen LogP contribution is -2.33. The van der Waals surface area contributed by atoms with E-state index in [1.54, 1.807) is 6.07 Å². The molecule has 3 nitrogen and oxygen atoms in total. The van der Waals surface area contributed by atoms with Gasteiger partial charge in [-0.05, 0) is 25.1 Å². The van der Waals surface area contributed by atoms with E-state index in [0.717, 1.165) is 23.1 Å². The fraction of sp³-hybridized carbons (Fsp3) is 0.429. The maximum atomic E-state index is 14.1. The van der Waals surface area contributed by atoms with Crippen LogP contribution < -0.4 is 5.32 Å². The third-order valence-electron chi connectivity index (χ3n) is 3.68. The zero-order chi connectivity index (χ0) is 12.7. The quantitative estimate of drug-likeness (QED) is 0.838. The molecule has 1 fully saturated rings. The molecule has 0 aliphatic carbocycles. The second-order valence-corrected chi connectivity index (χ2v) is 4.84. The summed E-state index contributed by atoms with van der Waals surface area (Å²) >= 11 is 0. The molecule has 96 valence electrons. The summed E-state index contributed by atoms with van der Waals surface area (Å²) in [5.74, 6) is -0.179. The van der Waals surface area contributed by atoms with E-state index in [2.05, 4.69) is 9.88 Å². The van der Waals surface area contributed by atoms with Crippen molar-refractivity contribution in [2.45, 2.75) is 13.0 Å². The van der Waals surface area contributed by atoms with Crippen molar-refractivity contribution in [3.8, 4) is 0 Å². The first kappa shape index (κ1) is 11.7. The van der Waals surface area contributed by atoms with Crippen molar-refractivity contribution in [2.24, 2.45) is 7.05 Å². The molecule has 1 aliphatic heterocycles. The summed E-state index contributed by atoms with van der Waals surface area (Å²) in [4.78, 5) is 0. The lowest BCUT2D eigenvalue weighted by Gasteiger charge is -2.24. The summed E-state index contributed by atoms with van der Waals surface area (Å²) in [6.45, 7) is 4.17. The number of morpholine rings is 1. The summed E-state index contributed by atoms with van der Waals surface area (Å²) in [5, 5.41) is 4.17. The Morgan fingerprint density at radius 2 is 2.22 bits per heavy atom. The summed E-state index contributed by atoms with van der Waals surface area (Å²) in [5.41, 5.74) is 2.83. The van der Waals surface area contributed by atoms with Crippen LogP contribution in [-0.2, 0) is 11.8 Å². The Morgan fingerprint density at radius 1 is 1.39 bits per heavy atom. The zero-order valence-corrected chi connectivity index (χ0v) is 10.7. The molecule has 1 saturated heterocycles. The van der Waals surface area contributed by atoms with Crippen molar-refractivity contribution in [1.29, 1.82) is 0 Å². The van der Waals surface area contributed by atoms with E-state index >= 15 is 0 Å². The first-order chi connectivity index (χ1) is 8.66. The minimum absolute atomic E-state index is 0.179. The molecule has 0 amide bonds. The van der Waals surface area contributed by atoms with Crippen molar-refractivity contribution in [3.63, 3.8) is 0 Å². The molecular formula is C14H17FN2O. The van der Waals surface area contributed by atoms with Crippen LogP contribution in [0.1, 0.15) is 17.4 Å². The summed E-state index contributed by atoms with van der Waals surface area (Å²) < 4.78 is 21.8. The number of rotatable bonds is 1. The van der Waals surface area contributed by atoms with Crippen molar-refractivity contribution < 1.29 is 9.13 Å². The molecule has 1 aromatic heterocycles. The molecule has 1 aromatic carbocycles. The highest BCUT2D eigenvalue weighted by Gasteiger charge is 2.20. The van der Waals surface area contributed by atoms with Crippen LogP contribution in [0.5, 0.6) is 0 Å². The average Bonchev–Trinajstić information content (AvgIpc) is 2.65. The maximum absolute atomic E-state index is 14.1. The van der Waals surface area contributed by atoms with Gasteiger partial charge in [-0.15, -0.1) is 0 Å². The molecule has 1 unspecified atom stereocenters. The topological polar surface area (TPSA) is 26.2 Å². The number of ether oxygens (including phenoxy) is 1. The van der Waals surface area contributed by atoms with Crippen LogP contribution in [0.3, 0.4) is 0 Å². The van der Waals surface area contributed by atoms with Gasteiger partial charge in [-0.1, -0.05) is 0 Å². The second kappa shape index (κ2) is 4.37. The van der Waals surface area contributed by atoms with E-state index in [1.165, 1.54) is 0 Å². The van der Waals surface area contributed by atoms with Gasteiger partial charge in [0.2, 0.25) is 0 Å². The van der Waals surface area contributed by atoms with Crippen molar-refractivity contribution in [2.75, 3.05) is 19.7 Å². The Balaban J connectivity index is 2.10. The van der Waals surface area contributed by atoms with Gasteiger partial charge < -0.3 is 14.6 Å². The normalized spacial score (nSPS) is 20.5. The number of hydrogen-bond acceptors (Lipinski definition) is 2. The number of benzene rings is 1. The highest BCUT2D eigenvalue weighted by molar-refractivity contribution is 5.82.